The first-order valence-electron chi connectivity index (χ1n) is 9.37. The Morgan fingerprint density at radius 2 is 2.00 bits per heavy atom. The molecule has 1 N–H and O–H groups in total. The number of benzene rings is 1. The highest BCUT2D eigenvalue weighted by Gasteiger charge is 2.26. The largest absolute Gasteiger partial charge is 0.352 e. The lowest BCUT2D eigenvalue weighted by Crippen LogP contribution is -2.43. The molecule has 5 heteroatoms. The molecule has 1 aromatic carbocycles. The fraction of sp³-hybridized carbons (Fsp3) is 0.600. The quantitative estimate of drug-likeness (QED) is 0.773. The van der Waals surface area contributed by atoms with Gasteiger partial charge in [0.1, 0.15) is 0 Å². The molecule has 138 valence electrons. The van der Waals surface area contributed by atoms with Crippen LogP contribution in [0.25, 0.3) is 0 Å². The maximum Gasteiger partial charge on any atom is 0.254 e. The summed E-state index contributed by atoms with van der Waals surface area (Å²) in [6.45, 7) is 4.53. The number of likely N-dealkylation sites (tertiary alicyclic amines) is 1. The molecule has 5 nitrogen and oxygen atoms in total. The van der Waals surface area contributed by atoms with Crippen molar-refractivity contribution < 1.29 is 9.59 Å². The number of nitrogens with one attached hydrogen (secondary N) is 1. The van der Waals surface area contributed by atoms with Crippen LogP contribution in [-0.2, 0) is 0 Å². The number of carbonyl (C=O) groups excluding carboxylic acids is 2. The maximum atomic E-state index is 12.9. The van der Waals surface area contributed by atoms with Gasteiger partial charge in [-0.25, -0.2) is 0 Å². The second-order valence-electron chi connectivity index (χ2n) is 7.05. The van der Waals surface area contributed by atoms with E-state index < -0.39 is 0 Å². The number of hydrogen-bond acceptors (Lipinski definition) is 3. The van der Waals surface area contributed by atoms with E-state index in [4.69, 9.17) is 0 Å². The molecule has 1 heterocycles. The van der Waals surface area contributed by atoms with Gasteiger partial charge in [-0.3, -0.25) is 9.59 Å². The van der Waals surface area contributed by atoms with Crippen molar-refractivity contribution >= 4 is 11.8 Å². The molecular weight excluding hydrogens is 314 g/mol. The Morgan fingerprint density at radius 1 is 1.24 bits per heavy atom. The second-order valence-corrected chi connectivity index (χ2v) is 7.05. The Bertz CT molecular complexity index is 586. The standard InChI is InChI=1S/C20H31N3O2/c1-4-18-11-5-6-14-23(18)20(25)17-10-7-9-16(15-17)19(24)21-12-8-13-22(2)3/h7,9-10,15,18H,4-6,8,11-14H2,1-3H3,(H,21,24). The lowest BCUT2D eigenvalue weighted by Gasteiger charge is -2.35. The zero-order chi connectivity index (χ0) is 18.2. The molecule has 0 saturated carbocycles. The van der Waals surface area contributed by atoms with Crippen LogP contribution in [0.1, 0.15) is 59.7 Å². The Balaban J connectivity index is 1.99. The van der Waals surface area contributed by atoms with Gasteiger partial charge in [0.25, 0.3) is 11.8 Å². The Labute approximate surface area is 151 Å². The number of hydrogen-bond donors (Lipinski definition) is 1. The average Bonchev–Trinajstić information content (AvgIpc) is 2.64. The minimum absolute atomic E-state index is 0.0498. The van der Waals surface area contributed by atoms with E-state index in [1.807, 2.05) is 25.1 Å². The number of piperidine rings is 1. The zero-order valence-corrected chi connectivity index (χ0v) is 15.8. The summed E-state index contributed by atoms with van der Waals surface area (Å²) in [4.78, 5) is 29.3. The SMILES string of the molecule is CCC1CCCCN1C(=O)c1cccc(C(=O)NCCCN(C)C)c1. The van der Waals surface area contributed by atoms with E-state index >= 15 is 0 Å². The summed E-state index contributed by atoms with van der Waals surface area (Å²) in [5.74, 6) is -0.0621. The fourth-order valence-corrected chi connectivity index (χ4v) is 3.35. The Kier molecular flexibility index (Phi) is 7.44. The second kappa shape index (κ2) is 9.56. The van der Waals surface area contributed by atoms with E-state index in [1.165, 1.54) is 6.42 Å². The molecule has 1 aliphatic heterocycles. The summed E-state index contributed by atoms with van der Waals surface area (Å²) in [6, 6.07) is 7.43. The number of rotatable bonds is 7. The van der Waals surface area contributed by atoms with Crippen molar-refractivity contribution in [1.82, 2.24) is 15.1 Å². The summed E-state index contributed by atoms with van der Waals surface area (Å²) in [5, 5.41) is 2.93. The van der Waals surface area contributed by atoms with E-state index in [0.29, 0.717) is 23.7 Å². The van der Waals surface area contributed by atoms with Crippen molar-refractivity contribution in [3.05, 3.63) is 35.4 Å². The number of carbonyl (C=O) groups is 2. The minimum Gasteiger partial charge on any atom is -0.352 e. The van der Waals surface area contributed by atoms with Gasteiger partial charge in [-0.05, 0) is 70.9 Å². The molecule has 1 aromatic rings. The van der Waals surface area contributed by atoms with Crippen LogP contribution in [0.3, 0.4) is 0 Å². The first-order chi connectivity index (χ1) is 12.0. The molecule has 0 aliphatic carbocycles. The van der Waals surface area contributed by atoms with E-state index in [2.05, 4.69) is 17.1 Å². The molecule has 0 aromatic heterocycles. The zero-order valence-electron chi connectivity index (χ0n) is 15.8. The maximum absolute atomic E-state index is 12.9. The molecule has 25 heavy (non-hydrogen) atoms. The molecule has 2 rings (SSSR count). The van der Waals surface area contributed by atoms with Gasteiger partial charge < -0.3 is 15.1 Å². The van der Waals surface area contributed by atoms with Gasteiger partial charge in [-0.15, -0.1) is 0 Å². The summed E-state index contributed by atoms with van der Waals surface area (Å²) >= 11 is 0. The lowest BCUT2D eigenvalue weighted by atomic mass is 9.98. The third-order valence-corrected chi connectivity index (χ3v) is 4.80. The van der Waals surface area contributed by atoms with Gasteiger partial charge in [0.2, 0.25) is 0 Å². The molecule has 2 amide bonds. The monoisotopic (exact) mass is 345 g/mol. The van der Waals surface area contributed by atoms with Crippen LogP contribution in [0.5, 0.6) is 0 Å². The first-order valence-corrected chi connectivity index (χ1v) is 9.37. The summed E-state index contributed by atoms with van der Waals surface area (Å²) < 4.78 is 0. The molecule has 1 atom stereocenters. The molecule has 0 bridgehead atoms. The number of amides is 2. The highest BCUT2D eigenvalue weighted by molar-refractivity contribution is 5.99. The normalized spacial score (nSPS) is 17.6. The van der Waals surface area contributed by atoms with E-state index in [9.17, 15) is 9.59 Å². The van der Waals surface area contributed by atoms with Gasteiger partial charge in [0.15, 0.2) is 0 Å². The van der Waals surface area contributed by atoms with Crippen LogP contribution < -0.4 is 5.32 Å². The lowest BCUT2D eigenvalue weighted by molar-refractivity contribution is 0.0608. The Morgan fingerprint density at radius 3 is 2.72 bits per heavy atom. The topological polar surface area (TPSA) is 52.7 Å². The van der Waals surface area contributed by atoms with Crippen LogP contribution in [0.2, 0.25) is 0 Å². The highest BCUT2D eigenvalue weighted by Crippen LogP contribution is 2.22. The number of nitrogens with zero attached hydrogens (tertiary/aromatic N) is 2. The van der Waals surface area contributed by atoms with Gasteiger partial charge >= 0.3 is 0 Å². The summed E-state index contributed by atoms with van der Waals surface area (Å²) in [5.41, 5.74) is 1.17. The van der Waals surface area contributed by atoms with Crippen molar-refractivity contribution in [3.63, 3.8) is 0 Å². The van der Waals surface area contributed by atoms with Crippen LogP contribution in [0, 0.1) is 0 Å². The van der Waals surface area contributed by atoms with Gasteiger partial charge in [0.05, 0.1) is 0 Å². The van der Waals surface area contributed by atoms with E-state index in [-0.39, 0.29) is 11.8 Å². The predicted octanol–water partition coefficient (Wildman–Crippen LogP) is 2.77. The predicted molar refractivity (Wildman–Crippen MR) is 101 cm³/mol. The third-order valence-electron chi connectivity index (χ3n) is 4.80. The first kappa shape index (κ1) is 19.4. The Hall–Kier alpha value is -1.88. The molecule has 1 unspecified atom stereocenters. The van der Waals surface area contributed by atoms with Gasteiger partial charge in [-0.2, -0.15) is 0 Å². The van der Waals surface area contributed by atoms with Crippen molar-refractivity contribution in [3.8, 4) is 0 Å². The van der Waals surface area contributed by atoms with Crippen LogP contribution >= 0.6 is 0 Å². The molecule has 0 radical (unpaired) electrons. The van der Waals surface area contributed by atoms with Crippen LogP contribution in [-0.4, -0.2) is 61.4 Å². The molecule has 0 spiro atoms. The minimum atomic E-state index is -0.112. The molecule has 1 saturated heterocycles. The van der Waals surface area contributed by atoms with Gasteiger partial charge in [0, 0.05) is 30.3 Å². The molecular formula is C20H31N3O2. The van der Waals surface area contributed by atoms with E-state index in [1.54, 1.807) is 18.2 Å². The highest BCUT2D eigenvalue weighted by atomic mass is 16.2. The van der Waals surface area contributed by atoms with E-state index in [0.717, 1.165) is 38.8 Å². The van der Waals surface area contributed by atoms with Crippen molar-refractivity contribution in [2.45, 2.75) is 45.1 Å². The molecule has 1 fully saturated rings. The van der Waals surface area contributed by atoms with Crippen molar-refractivity contribution in [2.24, 2.45) is 0 Å². The average molecular weight is 345 g/mol. The molecule has 1 aliphatic rings. The fourth-order valence-electron chi connectivity index (χ4n) is 3.35. The van der Waals surface area contributed by atoms with Crippen molar-refractivity contribution in [1.29, 1.82) is 0 Å². The van der Waals surface area contributed by atoms with Crippen molar-refractivity contribution in [2.75, 3.05) is 33.7 Å². The van der Waals surface area contributed by atoms with Crippen LogP contribution in [0.4, 0.5) is 0 Å². The van der Waals surface area contributed by atoms with Crippen LogP contribution in [0.15, 0.2) is 24.3 Å². The summed E-state index contributed by atoms with van der Waals surface area (Å²) in [7, 11) is 4.03. The smallest absolute Gasteiger partial charge is 0.254 e. The van der Waals surface area contributed by atoms with Gasteiger partial charge in [-0.1, -0.05) is 13.0 Å². The summed E-state index contributed by atoms with van der Waals surface area (Å²) in [6.07, 6.45) is 5.22. The third kappa shape index (κ3) is 5.56.